The summed E-state index contributed by atoms with van der Waals surface area (Å²) in [5.41, 5.74) is 4.27. The third-order valence-corrected chi connectivity index (χ3v) is 14.1. The van der Waals surface area contributed by atoms with Gasteiger partial charge in [0.05, 0.1) is 50.1 Å². The summed E-state index contributed by atoms with van der Waals surface area (Å²) in [5, 5.41) is 23.0. The Bertz CT molecular complexity index is 2410. The molecule has 2 aromatic heterocycles. The highest BCUT2D eigenvalue weighted by molar-refractivity contribution is 6.72. The fourth-order valence-electron chi connectivity index (χ4n) is 9.06. The van der Waals surface area contributed by atoms with E-state index in [9.17, 15) is 9.90 Å². The Morgan fingerprint density at radius 1 is 1.07 bits per heavy atom. The molecule has 2 aliphatic rings. The van der Waals surface area contributed by atoms with E-state index in [2.05, 4.69) is 20.6 Å². The Morgan fingerprint density at radius 3 is 2.63 bits per heavy atom. The van der Waals surface area contributed by atoms with Gasteiger partial charge < -0.3 is 33.9 Å². The number of carbonyl (C=O) groups excluding carboxylic acids is 2. The quantitative estimate of drug-likeness (QED) is 0.0817. The van der Waals surface area contributed by atoms with Crippen LogP contribution in [0.25, 0.3) is 10.9 Å². The molecule has 1 saturated heterocycles. The van der Waals surface area contributed by atoms with E-state index >= 15 is 8.90 Å². The number of aliphatic hydroxyl groups is 1. The molecule has 8 rings (SSSR count). The first kappa shape index (κ1) is 38.3. The summed E-state index contributed by atoms with van der Waals surface area (Å²) in [7, 11) is -1.85. The zero-order chi connectivity index (χ0) is 39.9. The second kappa shape index (κ2) is 15.4. The maximum absolute atomic E-state index is 16.5. The minimum atomic E-state index is -3.42. The van der Waals surface area contributed by atoms with Crippen LogP contribution < -0.4 is 15.0 Å². The second-order valence-corrected chi connectivity index (χ2v) is 19.5. The molecule has 13 heteroatoms. The zero-order valence-electron chi connectivity index (χ0n) is 32.5. The van der Waals surface area contributed by atoms with Gasteiger partial charge in [-0.25, -0.2) is 0 Å². The summed E-state index contributed by atoms with van der Waals surface area (Å²) in [6.07, 6.45) is 3.71. The maximum atomic E-state index is 16.5. The number of aromatic amines is 1. The monoisotopic (exact) mass is 786 g/mol. The van der Waals surface area contributed by atoms with E-state index in [4.69, 9.17) is 9.47 Å². The van der Waals surface area contributed by atoms with Crippen molar-refractivity contribution < 1.29 is 28.3 Å². The number of hydrogen-bond acceptors (Lipinski definition) is 7. The van der Waals surface area contributed by atoms with Gasteiger partial charge in [-0.3, -0.25) is 14.3 Å². The Hall–Kier alpha value is -5.63. The van der Waals surface area contributed by atoms with Gasteiger partial charge in [0.25, 0.3) is 5.91 Å². The average molecular weight is 787 g/mol. The highest BCUT2D eigenvalue weighted by atomic mass is 28.4. The van der Waals surface area contributed by atoms with Crippen molar-refractivity contribution in [2.45, 2.75) is 69.1 Å². The minimum absolute atomic E-state index is 0.121. The van der Waals surface area contributed by atoms with Crippen LogP contribution in [0.2, 0.25) is 18.6 Å². The van der Waals surface area contributed by atoms with Crippen LogP contribution in [0.3, 0.4) is 0 Å². The van der Waals surface area contributed by atoms with Crippen molar-refractivity contribution >= 4 is 42.5 Å². The van der Waals surface area contributed by atoms with E-state index in [1.807, 2.05) is 116 Å². The van der Waals surface area contributed by atoms with Gasteiger partial charge in [-0.2, -0.15) is 0 Å². The van der Waals surface area contributed by atoms with Crippen LogP contribution in [0, 0.1) is 5.92 Å². The van der Waals surface area contributed by atoms with Crippen molar-refractivity contribution in [2.75, 3.05) is 23.9 Å². The van der Waals surface area contributed by atoms with Crippen LogP contribution in [0.4, 0.5) is 15.5 Å². The lowest BCUT2D eigenvalue weighted by Gasteiger charge is -2.31. The summed E-state index contributed by atoms with van der Waals surface area (Å²) in [6.45, 7) is 5.78. The van der Waals surface area contributed by atoms with E-state index in [0.717, 1.165) is 27.6 Å². The van der Waals surface area contributed by atoms with Crippen LogP contribution in [0.5, 0.6) is 5.75 Å². The van der Waals surface area contributed by atoms with Gasteiger partial charge in [0.1, 0.15) is 5.75 Å². The molecule has 0 saturated carbocycles. The van der Waals surface area contributed by atoms with Crippen LogP contribution in [0.15, 0.2) is 109 Å². The lowest BCUT2D eigenvalue weighted by atomic mass is 9.82. The molecule has 2 aliphatic heterocycles. The number of H-pyrrole nitrogens is 1. The molecule has 0 radical (unpaired) electrons. The molecule has 3 N–H and O–H groups in total. The number of halogens is 1. The summed E-state index contributed by atoms with van der Waals surface area (Å²) in [6, 6.07) is 30.6. The number of nitrogens with one attached hydrogen (secondary N) is 2. The van der Waals surface area contributed by atoms with Gasteiger partial charge in [-0.1, -0.05) is 72.8 Å². The fraction of sp³-hybridized carbons (Fsp3) is 0.318. The van der Waals surface area contributed by atoms with Gasteiger partial charge in [-0.15, -0.1) is 5.10 Å². The molecule has 11 nitrogen and oxygen atoms in total. The number of amides is 2. The van der Waals surface area contributed by atoms with E-state index in [1.165, 1.54) is 0 Å². The van der Waals surface area contributed by atoms with Gasteiger partial charge in [0, 0.05) is 52.6 Å². The smallest absolute Gasteiger partial charge is 0.264 e. The molecule has 294 valence electrons. The molecule has 4 heterocycles. The van der Waals surface area contributed by atoms with E-state index in [1.54, 1.807) is 29.8 Å². The first-order valence-corrected chi connectivity index (χ1v) is 22.3. The molecule has 1 unspecified atom stereocenters. The number of carbonyl (C=O) groups is 2. The van der Waals surface area contributed by atoms with E-state index < -0.39 is 31.6 Å². The molecule has 57 heavy (non-hydrogen) atoms. The van der Waals surface area contributed by atoms with Crippen molar-refractivity contribution in [1.82, 2.24) is 20.0 Å². The highest BCUT2D eigenvalue weighted by Crippen LogP contribution is 2.60. The standard InChI is InChI=1S/C44H47FN6O5Si/c1-28-42(57(3,4)45)40(19-20-50-26-38(48-49-50)35(27-52)30-12-6-5-7-13-30)56-44(28)36-23-33(55-2)17-18-39(36)51(43(44)54)25-29-11-10-14-32(21-29)47-41(53)22-31-24-46-37-16-9-8-15-34(31)37/h5-18,21,23-24,26,28,35,40,42,46,52H,19-20,22,25,27H2,1-4H3,(H,47,53)/t28-,35?,40+,42-,44+/m0/s1. The molecular formula is C44H47FN6O5Si. The van der Waals surface area contributed by atoms with Gasteiger partial charge in [0.15, 0.2) is 5.60 Å². The molecule has 5 atom stereocenters. The molecule has 0 bridgehead atoms. The molecule has 2 amide bonds. The molecular weight excluding hydrogens is 740 g/mol. The van der Waals surface area contributed by atoms with Crippen LogP contribution in [0.1, 0.15) is 47.2 Å². The number of para-hydroxylation sites is 1. The first-order valence-electron chi connectivity index (χ1n) is 19.4. The number of ether oxygens (including phenoxy) is 2. The first-order chi connectivity index (χ1) is 27.5. The van der Waals surface area contributed by atoms with Crippen molar-refractivity contribution in [1.29, 1.82) is 0 Å². The predicted octanol–water partition coefficient (Wildman–Crippen LogP) is 7.49. The number of anilines is 2. The second-order valence-electron chi connectivity index (χ2n) is 15.7. The number of nitrogens with zero attached hydrogens (tertiary/aromatic N) is 4. The van der Waals surface area contributed by atoms with Crippen molar-refractivity contribution in [3.05, 3.63) is 137 Å². The van der Waals surface area contributed by atoms with E-state index in [-0.39, 0.29) is 37.3 Å². The lowest BCUT2D eigenvalue weighted by molar-refractivity contribution is -0.146. The minimum Gasteiger partial charge on any atom is -0.497 e. The summed E-state index contributed by atoms with van der Waals surface area (Å²) < 4.78 is 30.9. The van der Waals surface area contributed by atoms with Gasteiger partial charge in [0.2, 0.25) is 14.3 Å². The van der Waals surface area contributed by atoms with Crippen molar-refractivity contribution in [2.24, 2.45) is 5.92 Å². The largest absolute Gasteiger partial charge is 0.497 e. The van der Waals surface area contributed by atoms with Crippen LogP contribution >= 0.6 is 0 Å². The molecule has 0 aliphatic carbocycles. The molecule has 1 fully saturated rings. The maximum Gasteiger partial charge on any atom is 0.264 e. The Balaban J connectivity index is 1.04. The fourth-order valence-corrected chi connectivity index (χ4v) is 11.6. The number of benzene rings is 4. The average Bonchev–Trinajstić information content (AvgIpc) is 3.96. The SMILES string of the molecule is COc1ccc2c(c1)[C@@]1(O[C@H](CCn3cc(C(CO)c4ccccc4)nn3)[C@@H]([Si](C)(C)F)[C@@H]1C)C(=O)N2Cc1cccc(NC(=O)Cc2c[nH]c3ccccc23)c1. The Labute approximate surface area is 332 Å². The molecule has 6 aromatic rings. The highest BCUT2D eigenvalue weighted by Gasteiger charge is 2.66. The lowest BCUT2D eigenvalue weighted by Crippen LogP contribution is -2.45. The number of aryl methyl sites for hydroxylation is 1. The summed E-state index contributed by atoms with van der Waals surface area (Å²) >= 11 is 0. The van der Waals surface area contributed by atoms with Crippen molar-refractivity contribution in [3.63, 3.8) is 0 Å². The zero-order valence-corrected chi connectivity index (χ0v) is 33.5. The summed E-state index contributed by atoms with van der Waals surface area (Å²) in [5.74, 6) is -0.653. The van der Waals surface area contributed by atoms with Gasteiger partial charge >= 0.3 is 0 Å². The predicted molar refractivity (Wildman–Crippen MR) is 219 cm³/mol. The number of aromatic nitrogens is 4. The normalized spacial score (nSPS) is 21.0. The summed E-state index contributed by atoms with van der Waals surface area (Å²) in [4.78, 5) is 33.1. The third-order valence-electron chi connectivity index (χ3n) is 11.7. The number of methoxy groups -OCH3 is 1. The molecule has 1 spiro atoms. The number of rotatable bonds is 13. The third kappa shape index (κ3) is 7.15. The molecule has 4 aromatic carbocycles. The van der Waals surface area contributed by atoms with Gasteiger partial charge in [-0.05, 0) is 72.6 Å². The number of aliphatic hydroxyl groups excluding tert-OH is 1. The Kier molecular flexibility index (Phi) is 10.3. The van der Waals surface area contributed by atoms with Crippen LogP contribution in [-0.2, 0) is 39.4 Å². The topological polar surface area (TPSA) is 135 Å². The van der Waals surface area contributed by atoms with Crippen molar-refractivity contribution in [3.8, 4) is 5.75 Å². The number of fused-ring (bicyclic) bond motifs is 3. The van der Waals surface area contributed by atoms with Crippen LogP contribution in [-0.4, -0.2) is 65.1 Å². The van der Waals surface area contributed by atoms with E-state index in [0.29, 0.717) is 41.3 Å². The number of hydrogen-bond donors (Lipinski definition) is 3. The Morgan fingerprint density at radius 2 is 1.86 bits per heavy atom.